The Bertz CT molecular complexity index is 247. The molecule has 1 aliphatic heterocycles. The predicted octanol–water partition coefficient (Wildman–Crippen LogP) is 0.258. The number of hydrogen-bond acceptors (Lipinski definition) is 2. The van der Waals surface area contributed by atoms with Crippen molar-refractivity contribution in [1.29, 1.82) is 0 Å². The second kappa shape index (κ2) is 4.59. The Hall–Kier alpha value is -0.840. The van der Waals surface area contributed by atoms with E-state index in [1.54, 1.807) is 11.9 Å². The summed E-state index contributed by atoms with van der Waals surface area (Å²) in [5.74, 6) is -0.916. The predicted molar refractivity (Wildman–Crippen MR) is 49.6 cm³/mol. The zero-order valence-corrected chi connectivity index (χ0v) is 8.55. The highest BCUT2D eigenvalue weighted by Crippen LogP contribution is 2.10. The molecule has 0 aromatic carbocycles. The van der Waals surface area contributed by atoms with Gasteiger partial charge in [0.15, 0.2) is 0 Å². The lowest BCUT2D eigenvalue weighted by Gasteiger charge is -2.29. The summed E-state index contributed by atoms with van der Waals surface area (Å²) in [5, 5.41) is 2.38. The summed E-state index contributed by atoms with van der Waals surface area (Å²) < 4.78 is 12.3. The molecule has 2 unspecified atom stereocenters. The highest BCUT2D eigenvalue weighted by molar-refractivity contribution is 6.29. The van der Waals surface area contributed by atoms with Crippen molar-refractivity contribution in [3.8, 4) is 0 Å². The molecule has 80 valence electrons. The minimum atomic E-state index is -2.04. The number of likely N-dealkylation sites (tertiary alicyclic amines) is 1. The molecule has 0 saturated carbocycles. The molecule has 4 nitrogen and oxygen atoms in total. The van der Waals surface area contributed by atoms with Crippen LogP contribution in [-0.2, 0) is 9.59 Å². The molecule has 6 heteroatoms. The number of carbonyl (C=O) groups is 2. The van der Waals surface area contributed by atoms with Gasteiger partial charge in [0.2, 0.25) is 5.91 Å². The third-order valence-electron chi connectivity index (χ3n) is 2.20. The van der Waals surface area contributed by atoms with Gasteiger partial charge in [-0.2, -0.15) is 0 Å². The van der Waals surface area contributed by atoms with E-state index >= 15 is 0 Å². The van der Waals surface area contributed by atoms with Gasteiger partial charge < -0.3 is 10.2 Å². The topological polar surface area (TPSA) is 49.4 Å². The molecule has 1 aliphatic rings. The van der Waals surface area contributed by atoms with Crippen LogP contribution in [0.4, 0.5) is 4.39 Å². The Labute approximate surface area is 86.4 Å². The number of rotatable bonds is 2. The minimum Gasteiger partial charge on any atom is -0.349 e. The van der Waals surface area contributed by atoms with Gasteiger partial charge in [-0.25, -0.2) is 4.39 Å². The van der Waals surface area contributed by atoms with Crippen LogP contribution in [0.2, 0.25) is 0 Å². The molecular weight excluding hydrogens is 211 g/mol. The molecule has 1 saturated heterocycles. The van der Waals surface area contributed by atoms with Crippen LogP contribution in [0.25, 0.3) is 0 Å². The van der Waals surface area contributed by atoms with Crippen LogP contribution < -0.4 is 5.32 Å². The van der Waals surface area contributed by atoms with Gasteiger partial charge in [0.25, 0.3) is 11.5 Å². The van der Waals surface area contributed by atoms with E-state index < -0.39 is 11.5 Å². The zero-order chi connectivity index (χ0) is 10.7. The molecule has 1 fully saturated rings. The molecule has 1 N–H and O–H groups in total. The summed E-state index contributed by atoms with van der Waals surface area (Å²) in [7, 11) is 1.69. The second-order valence-electron chi connectivity index (χ2n) is 3.31. The number of halogens is 2. The summed E-state index contributed by atoms with van der Waals surface area (Å²) in [5.41, 5.74) is -2.04. The number of hydrogen-bond donors (Lipinski definition) is 1. The van der Waals surface area contributed by atoms with Crippen molar-refractivity contribution in [3.63, 3.8) is 0 Å². The third-order valence-corrected chi connectivity index (χ3v) is 2.40. The van der Waals surface area contributed by atoms with Crippen LogP contribution in [0.1, 0.15) is 12.8 Å². The Balaban J connectivity index is 2.40. The molecule has 14 heavy (non-hydrogen) atoms. The van der Waals surface area contributed by atoms with E-state index in [1.165, 1.54) is 0 Å². The highest BCUT2D eigenvalue weighted by Gasteiger charge is 2.26. The average Bonchev–Trinajstić information content (AvgIpc) is 2.11. The molecule has 1 rings (SSSR count). The molecule has 0 bridgehead atoms. The molecule has 0 aliphatic carbocycles. The van der Waals surface area contributed by atoms with Gasteiger partial charge in [-0.1, -0.05) is 11.6 Å². The Morgan fingerprint density at radius 1 is 1.79 bits per heavy atom. The van der Waals surface area contributed by atoms with Gasteiger partial charge in [-0.15, -0.1) is 0 Å². The van der Waals surface area contributed by atoms with Gasteiger partial charge in [-0.3, -0.25) is 9.59 Å². The molecule has 2 amide bonds. The molecule has 2 atom stereocenters. The monoisotopic (exact) mass is 222 g/mol. The van der Waals surface area contributed by atoms with Crippen molar-refractivity contribution in [2.24, 2.45) is 0 Å². The normalized spacial score (nSPS) is 24.6. The SMILES string of the molecule is CN1CCC(NC(=O)C(F)Cl)CC1=O. The fourth-order valence-electron chi connectivity index (χ4n) is 1.33. The molecule has 0 aromatic rings. The maximum Gasteiger partial charge on any atom is 0.270 e. The maximum absolute atomic E-state index is 12.3. The number of alkyl halides is 2. The van der Waals surface area contributed by atoms with Crippen molar-refractivity contribution < 1.29 is 14.0 Å². The van der Waals surface area contributed by atoms with Gasteiger partial charge in [-0.05, 0) is 6.42 Å². The number of piperidine rings is 1. The number of carbonyl (C=O) groups excluding carboxylic acids is 2. The molecule has 0 radical (unpaired) electrons. The number of nitrogens with one attached hydrogen (secondary N) is 1. The quantitative estimate of drug-likeness (QED) is 0.682. The van der Waals surface area contributed by atoms with Crippen LogP contribution in [-0.4, -0.2) is 42.0 Å². The average molecular weight is 223 g/mol. The first-order valence-electron chi connectivity index (χ1n) is 4.33. The lowest BCUT2D eigenvalue weighted by atomic mass is 10.1. The third kappa shape index (κ3) is 2.83. The van der Waals surface area contributed by atoms with Crippen molar-refractivity contribution in [2.75, 3.05) is 13.6 Å². The Morgan fingerprint density at radius 2 is 2.43 bits per heavy atom. The largest absolute Gasteiger partial charge is 0.349 e. The van der Waals surface area contributed by atoms with E-state index in [1.807, 2.05) is 0 Å². The molecule has 0 aromatic heterocycles. The van der Waals surface area contributed by atoms with Crippen molar-refractivity contribution in [1.82, 2.24) is 10.2 Å². The number of nitrogens with zero attached hydrogens (tertiary/aromatic N) is 1. The number of amides is 2. The fraction of sp³-hybridized carbons (Fsp3) is 0.750. The molecule has 0 spiro atoms. The minimum absolute atomic E-state index is 0.0495. The van der Waals surface area contributed by atoms with Crippen LogP contribution in [0, 0.1) is 0 Å². The van der Waals surface area contributed by atoms with Gasteiger partial charge in [0.05, 0.1) is 0 Å². The van der Waals surface area contributed by atoms with Crippen LogP contribution in [0.15, 0.2) is 0 Å². The van der Waals surface area contributed by atoms with Gasteiger partial charge in [0.1, 0.15) is 0 Å². The van der Waals surface area contributed by atoms with E-state index in [9.17, 15) is 14.0 Å². The van der Waals surface area contributed by atoms with Crippen molar-refractivity contribution in [2.45, 2.75) is 24.5 Å². The van der Waals surface area contributed by atoms with Crippen molar-refractivity contribution in [3.05, 3.63) is 0 Å². The maximum atomic E-state index is 12.3. The van der Waals surface area contributed by atoms with E-state index in [0.29, 0.717) is 13.0 Å². The van der Waals surface area contributed by atoms with E-state index in [0.717, 1.165) is 0 Å². The Kier molecular flexibility index (Phi) is 3.69. The molecular formula is C8H12ClFN2O2. The summed E-state index contributed by atoms with van der Waals surface area (Å²) >= 11 is 4.94. The molecule has 1 heterocycles. The zero-order valence-electron chi connectivity index (χ0n) is 7.80. The standard InChI is InChI=1S/C8H12ClFN2O2/c1-12-3-2-5(4-6(12)13)11-8(14)7(9)10/h5,7H,2-4H2,1H3,(H,11,14). The summed E-state index contributed by atoms with van der Waals surface area (Å²) in [6, 6.07) is -0.289. The summed E-state index contributed by atoms with van der Waals surface area (Å²) in [6.45, 7) is 0.572. The van der Waals surface area contributed by atoms with E-state index in [2.05, 4.69) is 5.32 Å². The van der Waals surface area contributed by atoms with E-state index in [4.69, 9.17) is 11.6 Å². The Morgan fingerprint density at radius 3 is 2.93 bits per heavy atom. The van der Waals surface area contributed by atoms with Gasteiger partial charge in [0, 0.05) is 26.1 Å². The first-order valence-corrected chi connectivity index (χ1v) is 4.77. The lowest BCUT2D eigenvalue weighted by Crippen LogP contribution is -2.47. The highest BCUT2D eigenvalue weighted by atomic mass is 35.5. The van der Waals surface area contributed by atoms with E-state index in [-0.39, 0.29) is 18.4 Å². The lowest BCUT2D eigenvalue weighted by molar-refractivity contribution is -0.133. The first kappa shape index (κ1) is 11.2. The summed E-state index contributed by atoms with van der Waals surface area (Å²) in [4.78, 5) is 23.6. The van der Waals surface area contributed by atoms with Gasteiger partial charge >= 0.3 is 0 Å². The fourth-order valence-corrected chi connectivity index (χ4v) is 1.39. The van der Waals surface area contributed by atoms with Crippen LogP contribution in [0.5, 0.6) is 0 Å². The second-order valence-corrected chi connectivity index (χ2v) is 3.70. The van der Waals surface area contributed by atoms with Crippen molar-refractivity contribution >= 4 is 23.4 Å². The summed E-state index contributed by atoms with van der Waals surface area (Å²) in [6.07, 6.45) is 0.851. The smallest absolute Gasteiger partial charge is 0.270 e. The van der Waals surface area contributed by atoms with Crippen LogP contribution >= 0.6 is 11.6 Å². The first-order chi connectivity index (χ1) is 6.50. The van der Waals surface area contributed by atoms with Crippen LogP contribution in [0.3, 0.4) is 0 Å².